The van der Waals surface area contributed by atoms with Crippen LogP contribution in [-0.2, 0) is 4.79 Å². The standard InChI is InChI=1S/C13H16BrNO3/c1-9-5-4-6-10(12(9)14)13(18)15-8-3-2-7-11(16)17/h4-6H,2-3,7-8H2,1H3,(H,15,18)(H,16,17). The molecule has 1 aromatic rings. The number of hydrogen-bond donors (Lipinski definition) is 2. The summed E-state index contributed by atoms with van der Waals surface area (Å²) >= 11 is 3.38. The van der Waals surface area contributed by atoms with Gasteiger partial charge in [0.1, 0.15) is 0 Å². The molecule has 0 saturated carbocycles. The molecule has 0 bridgehead atoms. The number of nitrogens with one attached hydrogen (secondary N) is 1. The summed E-state index contributed by atoms with van der Waals surface area (Å²) in [5.41, 5.74) is 1.61. The van der Waals surface area contributed by atoms with Crippen LogP contribution in [-0.4, -0.2) is 23.5 Å². The molecule has 1 amide bonds. The van der Waals surface area contributed by atoms with Gasteiger partial charge in [-0.15, -0.1) is 0 Å². The molecule has 0 spiro atoms. The number of aliphatic carboxylic acids is 1. The third kappa shape index (κ3) is 4.49. The average Bonchev–Trinajstić information content (AvgIpc) is 2.31. The first-order chi connectivity index (χ1) is 8.52. The van der Waals surface area contributed by atoms with Crippen LogP contribution in [0.25, 0.3) is 0 Å². The third-order valence-electron chi connectivity index (χ3n) is 2.54. The fourth-order valence-electron chi connectivity index (χ4n) is 1.52. The highest BCUT2D eigenvalue weighted by Crippen LogP contribution is 2.20. The summed E-state index contributed by atoms with van der Waals surface area (Å²) in [4.78, 5) is 22.2. The largest absolute Gasteiger partial charge is 0.481 e. The Morgan fingerprint density at radius 3 is 2.72 bits per heavy atom. The summed E-state index contributed by atoms with van der Waals surface area (Å²) in [5, 5.41) is 11.3. The molecule has 0 heterocycles. The maximum atomic E-state index is 11.9. The lowest BCUT2D eigenvalue weighted by molar-refractivity contribution is -0.137. The number of amides is 1. The molecule has 0 aromatic heterocycles. The van der Waals surface area contributed by atoms with E-state index in [-0.39, 0.29) is 12.3 Å². The van der Waals surface area contributed by atoms with Crippen LogP contribution in [0.4, 0.5) is 0 Å². The number of aryl methyl sites for hydroxylation is 1. The molecule has 98 valence electrons. The van der Waals surface area contributed by atoms with Gasteiger partial charge in [-0.05, 0) is 47.3 Å². The molecule has 1 aromatic carbocycles. The molecule has 0 aliphatic heterocycles. The Bertz CT molecular complexity index is 446. The number of rotatable bonds is 6. The fraction of sp³-hybridized carbons (Fsp3) is 0.385. The minimum atomic E-state index is -0.803. The number of unbranched alkanes of at least 4 members (excludes halogenated alkanes) is 1. The molecule has 5 heteroatoms. The van der Waals surface area contributed by atoms with Gasteiger partial charge >= 0.3 is 5.97 Å². The van der Waals surface area contributed by atoms with Crippen molar-refractivity contribution in [1.29, 1.82) is 0 Å². The highest BCUT2D eigenvalue weighted by molar-refractivity contribution is 9.10. The van der Waals surface area contributed by atoms with E-state index in [0.29, 0.717) is 24.9 Å². The summed E-state index contributed by atoms with van der Waals surface area (Å²) in [6, 6.07) is 5.51. The Labute approximate surface area is 115 Å². The molecule has 0 aliphatic carbocycles. The summed E-state index contributed by atoms with van der Waals surface area (Å²) in [6.07, 6.45) is 1.39. The predicted molar refractivity (Wildman–Crippen MR) is 72.7 cm³/mol. The zero-order valence-corrected chi connectivity index (χ0v) is 11.8. The van der Waals surface area contributed by atoms with Crippen molar-refractivity contribution in [3.8, 4) is 0 Å². The molecule has 0 fully saturated rings. The number of hydrogen-bond acceptors (Lipinski definition) is 2. The molecule has 0 unspecified atom stereocenters. The number of halogens is 1. The molecule has 18 heavy (non-hydrogen) atoms. The quantitative estimate of drug-likeness (QED) is 0.794. The van der Waals surface area contributed by atoms with Gasteiger partial charge in [-0.3, -0.25) is 9.59 Å². The van der Waals surface area contributed by atoms with Gasteiger partial charge in [-0.1, -0.05) is 12.1 Å². The number of carboxylic acid groups (broad SMARTS) is 1. The lowest BCUT2D eigenvalue weighted by Crippen LogP contribution is -2.25. The molecule has 2 N–H and O–H groups in total. The maximum Gasteiger partial charge on any atom is 0.303 e. The minimum absolute atomic E-state index is 0.138. The van der Waals surface area contributed by atoms with Crippen molar-refractivity contribution >= 4 is 27.8 Å². The molecular formula is C13H16BrNO3. The van der Waals surface area contributed by atoms with E-state index in [1.807, 2.05) is 19.1 Å². The van der Waals surface area contributed by atoms with Crippen LogP contribution in [0.1, 0.15) is 35.2 Å². The Kier molecular flexibility index (Phi) is 5.85. The Balaban J connectivity index is 2.41. The van der Waals surface area contributed by atoms with Crippen molar-refractivity contribution in [2.75, 3.05) is 6.54 Å². The number of benzene rings is 1. The third-order valence-corrected chi connectivity index (χ3v) is 3.59. The van der Waals surface area contributed by atoms with E-state index in [0.717, 1.165) is 10.0 Å². The van der Waals surface area contributed by atoms with Gasteiger partial charge in [-0.2, -0.15) is 0 Å². The normalized spacial score (nSPS) is 10.1. The van der Waals surface area contributed by atoms with Gasteiger partial charge in [-0.25, -0.2) is 0 Å². The summed E-state index contributed by atoms with van der Waals surface area (Å²) < 4.78 is 0.799. The monoisotopic (exact) mass is 313 g/mol. The first kappa shape index (κ1) is 14.7. The number of carbonyl (C=O) groups excluding carboxylic acids is 1. The first-order valence-corrected chi connectivity index (χ1v) is 6.56. The minimum Gasteiger partial charge on any atom is -0.481 e. The van der Waals surface area contributed by atoms with Crippen molar-refractivity contribution in [3.63, 3.8) is 0 Å². The maximum absolute atomic E-state index is 11.9. The summed E-state index contributed by atoms with van der Waals surface area (Å²) in [5.74, 6) is -0.941. The van der Waals surface area contributed by atoms with Crippen LogP contribution < -0.4 is 5.32 Å². The second kappa shape index (κ2) is 7.16. The fourth-order valence-corrected chi connectivity index (χ4v) is 1.97. The second-order valence-corrected chi connectivity index (χ2v) is 4.84. The van der Waals surface area contributed by atoms with Gasteiger partial charge < -0.3 is 10.4 Å². The van der Waals surface area contributed by atoms with Gasteiger partial charge in [0.15, 0.2) is 0 Å². The van der Waals surface area contributed by atoms with Crippen molar-refractivity contribution in [2.45, 2.75) is 26.2 Å². The molecule has 4 nitrogen and oxygen atoms in total. The van der Waals surface area contributed by atoms with E-state index in [1.54, 1.807) is 6.07 Å². The van der Waals surface area contributed by atoms with Gasteiger partial charge in [0, 0.05) is 17.4 Å². The summed E-state index contributed by atoms with van der Waals surface area (Å²) in [7, 11) is 0. The molecule has 0 aliphatic rings. The van der Waals surface area contributed by atoms with E-state index >= 15 is 0 Å². The molecular weight excluding hydrogens is 298 g/mol. The van der Waals surface area contributed by atoms with Crippen molar-refractivity contribution in [2.24, 2.45) is 0 Å². The number of carboxylic acids is 1. The molecule has 0 radical (unpaired) electrons. The summed E-state index contributed by atoms with van der Waals surface area (Å²) in [6.45, 7) is 2.42. The van der Waals surface area contributed by atoms with Gasteiger partial charge in [0.2, 0.25) is 0 Å². The Morgan fingerprint density at radius 1 is 1.33 bits per heavy atom. The van der Waals surface area contributed by atoms with Crippen molar-refractivity contribution < 1.29 is 14.7 Å². The zero-order valence-electron chi connectivity index (χ0n) is 10.2. The van der Waals surface area contributed by atoms with Gasteiger partial charge in [0.05, 0.1) is 5.56 Å². The van der Waals surface area contributed by atoms with E-state index in [1.165, 1.54) is 0 Å². The predicted octanol–water partition coefficient (Wildman–Crippen LogP) is 2.74. The molecule has 0 atom stereocenters. The number of carbonyl (C=O) groups is 2. The van der Waals surface area contributed by atoms with E-state index in [4.69, 9.17) is 5.11 Å². The van der Waals surface area contributed by atoms with Gasteiger partial charge in [0.25, 0.3) is 5.91 Å². The van der Waals surface area contributed by atoms with Crippen LogP contribution in [0.3, 0.4) is 0 Å². The highest BCUT2D eigenvalue weighted by Gasteiger charge is 2.10. The topological polar surface area (TPSA) is 66.4 Å². The SMILES string of the molecule is Cc1cccc(C(=O)NCCCCC(=O)O)c1Br. The van der Waals surface area contributed by atoms with Crippen LogP contribution in [0.15, 0.2) is 22.7 Å². The lowest BCUT2D eigenvalue weighted by Gasteiger charge is -2.08. The highest BCUT2D eigenvalue weighted by atomic mass is 79.9. The van der Waals surface area contributed by atoms with Crippen molar-refractivity contribution in [1.82, 2.24) is 5.32 Å². The van der Waals surface area contributed by atoms with E-state index in [9.17, 15) is 9.59 Å². The molecule has 1 rings (SSSR count). The van der Waals surface area contributed by atoms with Crippen LogP contribution in [0.5, 0.6) is 0 Å². The van der Waals surface area contributed by atoms with E-state index < -0.39 is 5.97 Å². The smallest absolute Gasteiger partial charge is 0.303 e. The van der Waals surface area contributed by atoms with E-state index in [2.05, 4.69) is 21.2 Å². The molecule has 0 saturated heterocycles. The Hall–Kier alpha value is -1.36. The first-order valence-electron chi connectivity index (χ1n) is 5.77. The van der Waals surface area contributed by atoms with Crippen LogP contribution in [0.2, 0.25) is 0 Å². The van der Waals surface area contributed by atoms with Crippen molar-refractivity contribution in [3.05, 3.63) is 33.8 Å². The average molecular weight is 314 g/mol. The Morgan fingerprint density at radius 2 is 2.06 bits per heavy atom. The zero-order chi connectivity index (χ0) is 13.5. The van der Waals surface area contributed by atoms with Crippen LogP contribution >= 0.6 is 15.9 Å². The van der Waals surface area contributed by atoms with Crippen LogP contribution in [0, 0.1) is 6.92 Å². The second-order valence-electron chi connectivity index (χ2n) is 4.04. The lowest BCUT2D eigenvalue weighted by atomic mass is 10.1.